The third kappa shape index (κ3) is 5.57. The van der Waals surface area contributed by atoms with Gasteiger partial charge in [0.1, 0.15) is 5.69 Å². The highest BCUT2D eigenvalue weighted by atomic mass is 16.5. The van der Waals surface area contributed by atoms with Gasteiger partial charge >= 0.3 is 0 Å². The molecule has 0 spiro atoms. The number of imidazole rings is 1. The van der Waals surface area contributed by atoms with E-state index in [2.05, 4.69) is 25.2 Å². The van der Waals surface area contributed by atoms with Gasteiger partial charge in [0.15, 0.2) is 17.0 Å². The maximum absolute atomic E-state index is 12.7. The van der Waals surface area contributed by atoms with Crippen LogP contribution in [0, 0.1) is 0 Å². The van der Waals surface area contributed by atoms with Crippen LogP contribution in [0.3, 0.4) is 0 Å². The highest BCUT2D eigenvalue weighted by molar-refractivity contribution is 5.93. The smallest absolute Gasteiger partial charge is 0.272 e. The molecule has 2 fully saturated rings. The summed E-state index contributed by atoms with van der Waals surface area (Å²) < 4.78 is 7.53. The lowest BCUT2D eigenvalue weighted by Crippen LogP contribution is -2.41. The summed E-state index contributed by atoms with van der Waals surface area (Å²) in [5.74, 6) is 1.12. The van der Waals surface area contributed by atoms with Crippen molar-refractivity contribution in [2.75, 3.05) is 50.0 Å². The van der Waals surface area contributed by atoms with Crippen LogP contribution in [-0.4, -0.2) is 74.7 Å². The van der Waals surface area contributed by atoms with Crippen LogP contribution in [0.5, 0.6) is 0 Å². The van der Waals surface area contributed by atoms with Crippen molar-refractivity contribution < 1.29 is 9.53 Å². The molecular weight excluding hydrogens is 458 g/mol. The minimum atomic E-state index is -0.0781. The number of nitrogens with one attached hydrogen (secondary N) is 2. The molecule has 4 heterocycles. The average molecular weight is 494 g/mol. The minimum absolute atomic E-state index is 0.0781. The van der Waals surface area contributed by atoms with Crippen LogP contribution in [0.4, 0.5) is 17.5 Å². The molecule has 3 aromatic heterocycles. The maximum atomic E-state index is 12.7. The van der Waals surface area contributed by atoms with Crippen LogP contribution >= 0.6 is 0 Å². The monoisotopic (exact) mass is 493 g/mol. The van der Waals surface area contributed by atoms with E-state index in [1.54, 1.807) is 17.2 Å². The fourth-order valence-electron chi connectivity index (χ4n) is 4.84. The first-order valence-corrected chi connectivity index (χ1v) is 13.0. The summed E-state index contributed by atoms with van der Waals surface area (Å²) >= 11 is 0. The Balaban J connectivity index is 1.36. The molecule has 0 atom stereocenters. The number of nitrogens with two attached hydrogens (primary N) is 1. The Morgan fingerprint density at radius 3 is 2.67 bits per heavy atom. The molecule has 11 nitrogen and oxygen atoms in total. The quantitative estimate of drug-likeness (QED) is 0.364. The third-order valence-electron chi connectivity index (χ3n) is 6.85. The zero-order chi connectivity index (χ0) is 24.7. The van der Waals surface area contributed by atoms with E-state index in [1.807, 2.05) is 12.4 Å². The first-order chi connectivity index (χ1) is 17.7. The van der Waals surface area contributed by atoms with E-state index in [0.29, 0.717) is 56.4 Å². The number of nitrogens with zero attached hydrogens (tertiary/aromatic N) is 6. The number of anilines is 3. The van der Waals surface area contributed by atoms with Crippen molar-refractivity contribution in [1.29, 1.82) is 0 Å². The normalized spacial score (nSPS) is 16.5. The molecule has 1 saturated heterocycles. The Kier molecular flexibility index (Phi) is 7.87. The van der Waals surface area contributed by atoms with Crippen LogP contribution in [0.25, 0.3) is 11.2 Å². The van der Waals surface area contributed by atoms with Gasteiger partial charge in [0.05, 0.1) is 31.4 Å². The number of ether oxygens (including phenoxy) is 1. The minimum Gasteiger partial charge on any atom is -0.378 e. The summed E-state index contributed by atoms with van der Waals surface area (Å²) in [6, 6.07) is 4.01. The summed E-state index contributed by atoms with van der Waals surface area (Å²) in [5, 5.41) is 6.73. The molecule has 5 rings (SSSR count). The first kappa shape index (κ1) is 24.4. The summed E-state index contributed by atoms with van der Waals surface area (Å²) in [4.78, 5) is 33.1. The molecule has 1 aliphatic carbocycles. The number of unbranched alkanes of at least 4 members (excludes halogenated alkanes) is 2. The summed E-state index contributed by atoms with van der Waals surface area (Å²) in [6.45, 7) is 3.79. The number of morpholine rings is 1. The van der Waals surface area contributed by atoms with E-state index in [4.69, 9.17) is 20.4 Å². The predicted molar refractivity (Wildman–Crippen MR) is 138 cm³/mol. The van der Waals surface area contributed by atoms with Gasteiger partial charge in [0, 0.05) is 25.7 Å². The fraction of sp³-hybridized carbons (Fsp3) is 0.560. The second-order valence-electron chi connectivity index (χ2n) is 9.40. The highest BCUT2D eigenvalue weighted by Crippen LogP contribution is 2.33. The Morgan fingerprint density at radius 2 is 1.92 bits per heavy atom. The van der Waals surface area contributed by atoms with Gasteiger partial charge in [0.25, 0.3) is 5.91 Å². The van der Waals surface area contributed by atoms with Crippen LogP contribution < -0.4 is 16.4 Å². The van der Waals surface area contributed by atoms with E-state index >= 15 is 0 Å². The van der Waals surface area contributed by atoms with Crippen molar-refractivity contribution in [3.8, 4) is 0 Å². The molecule has 36 heavy (non-hydrogen) atoms. The van der Waals surface area contributed by atoms with Crippen LogP contribution in [0.1, 0.15) is 61.5 Å². The van der Waals surface area contributed by atoms with Crippen molar-refractivity contribution in [2.45, 2.75) is 51.0 Å². The van der Waals surface area contributed by atoms with Gasteiger partial charge in [-0.25, -0.2) is 9.97 Å². The van der Waals surface area contributed by atoms with Gasteiger partial charge < -0.3 is 30.6 Å². The van der Waals surface area contributed by atoms with Crippen molar-refractivity contribution in [3.63, 3.8) is 0 Å². The van der Waals surface area contributed by atoms with E-state index in [1.165, 1.54) is 12.8 Å². The van der Waals surface area contributed by atoms with Crippen LogP contribution in [0.2, 0.25) is 0 Å². The molecular formula is C25H35N9O2. The highest BCUT2D eigenvalue weighted by Gasteiger charge is 2.23. The topological polar surface area (TPSA) is 136 Å². The van der Waals surface area contributed by atoms with Crippen LogP contribution in [-0.2, 0) is 4.74 Å². The van der Waals surface area contributed by atoms with E-state index in [9.17, 15) is 4.79 Å². The molecule has 1 aliphatic heterocycles. The van der Waals surface area contributed by atoms with Gasteiger partial charge in [-0.15, -0.1) is 0 Å². The Bertz CT molecular complexity index is 1150. The number of carbonyl (C=O) groups excluding carboxylic acids is 1. The van der Waals surface area contributed by atoms with Gasteiger partial charge in [-0.2, -0.15) is 9.97 Å². The summed E-state index contributed by atoms with van der Waals surface area (Å²) in [5.41, 5.74) is 8.32. The Labute approximate surface area is 210 Å². The molecule has 0 radical (unpaired) electrons. The lowest BCUT2D eigenvalue weighted by molar-refractivity contribution is 0.0299. The van der Waals surface area contributed by atoms with E-state index in [-0.39, 0.29) is 5.91 Å². The second-order valence-corrected chi connectivity index (χ2v) is 9.40. The number of pyridine rings is 1. The molecule has 4 N–H and O–H groups in total. The molecule has 192 valence electrons. The number of hydrogen-bond acceptors (Lipinski definition) is 9. The zero-order valence-electron chi connectivity index (χ0n) is 20.7. The Morgan fingerprint density at radius 1 is 1.08 bits per heavy atom. The third-order valence-corrected chi connectivity index (χ3v) is 6.85. The number of rotatable bonds is 10. The van der Waals surface area contributed by atoms with Gasteiger partial charge in [0.2, 0.25) is 5.95 Å². The average Bonchev–Trinajstić information content (AvgIpc) is 3.59. The molecule has 1 saturated carbocycles. The van der Waals surface area contributed by atoms with Crippen molar-refractivity contribution in [3.05, 3.63) is 30.4 Å². The number of fused-ring (bicyclic) bond motifs is 1. The molecule has 0 aromatic carbocycles. The number of aromatic nitrogens is 5. The zero-order valence-corrected chi connectivity index (χ0v) is 20.7. The largest absolute Gasteiger partial charge is 0.378 e. The molecule has 0 bridgehead atoms. The molecule has 1 amide bonds. The SMILES string of the molecule is NCCCCCNc1nc(Nc2ccc(C(=O)N3CCOCC3)nc2)c2ncn(C3CCCC3)c2n1. The van der Waals surface area contributed by atoms with E-state index in [0.717, 1.165) is 55.5 Å². The molecule has 11 heteroatoms. The van der Waals surface area contributed by atoms with Crippen LogP contribution in [0.15, 0.2) is 24.7 Å². The summed E-state index contributed by atoms with van der Waals surface area (Å²) in [7, 11) is 0. The van der Waals surface area contributed by atoms with Crippen molar-refractivity contribution >= 4 is 34.5 Å². The lowest BCUT2D eigenvalue weighted by Gasteiger charge is -2.26. The van der Waals surface area contributed by atoms with Gasteiger partial charge in [-0.1, -0.05) is 19.3 Å². The number of amides is 1. The van der Waals surface area contributed by atoms with Gasteiger partial charge in [-0.05, 0) is 44.4 Å². The van der Waals surface area contributed by atoms with E-state index < -0.39 is 0 Å². The first-order valence-electron chi connectivity index (χ1n) is 13.0. The fourth-order valence-corrected chi connectivity index (χ4v) is 4.84. The Hall–Kier alpha value is -3.31. The number of hydrogen-bond donors (Lipinski definition) is 3. The van der Waals surface area contributed by atoms with Crippen molar-refractivity contribution in [1.82, 2.24) is 29.4 Å². The molecule has 3 aromatic rings. The lowest BCUT2D eigenvalue weighted by atomic mass is 10.2. The maximum Gasteiger partial charge on any atom is 0.272 e. The number of carbonyl (C=O) groups is 1. The van der Waals surface area contributed by atoms with Crippen molar-refractivity contribution in [2.24, 2.45) is 5.73 Å². The molecule has 2 aliphatic rings. The predicted octanol–water partition coefficient (Wildman–Crippen LogP) is 3.09. The second kappa shape index (κ2) is 11.6. The van der Waals surface area contributed by atoms with Gasteiger partial charge in [-0.3, -0.25) is 4.79 Å². The molecule has 0 unspecified atom stereocenters. The summed E-state index contributed by atoms with van der Waals surface area (Å²) in [6.07, 6.45) is 11.4. The standard InChI is InChI=1S/C25H35N9O2/c26-10-4-1-5-11-27-25-31-22(21-23(32-25)34(17-29-21)19-6-2-3-7-19)30-18-8-9-20(28-16-18)24(35)33-12-14-36-15-13-33/h8-9,16-17,19H,1-7,10-15,26H2,(H2,27,30,31,32).